The van der Waals surface area contributed by atoms with Gasteiger partial charge in [-0.05, 0) is 93.7 Å². The maximum atomic E-state index is 12.1. The summed E-state index contributed by atoms with van der Waals surface area (Å²) in [6.07, 6.45) is 12.6. The molecule has 0 bridgehead atoms. The SMILES string of the molecule is C=C(C)C(=O)OCCOc1ccc(/C=C/c2ccc(OCCCCCCOC(=O)C(=C)CC(=O)OC3CCCCC3)cc2)cc1. The number of esters is 3. The van der Waals surface area contributed by atoms with Gasteiger partial charge in [-0.3, -0.25) is 4.79 Å². The van der Waals surface area contributed by atoms with Crippen molar-refractivity contribution in [2.24, 2.45) is 0 Å². The van der Waals surface area contributed by atoms with Gasteiger partial charge in [0, 0.05) is 11.1 Å². The lowest BCUT2D eigenvalue weighted by Gasteiger charge is -2.21. The van der Waals surface area contributed by atoms with E-state index in [2.05, 4.69) is 13.2 Å². The van der Waals surface area contributed by atoms with Crippen molar-refractivity contribution in [3.05, 3.63) is 84.0 Å². The second kappa shape index (κ2) is 19.8. The Morgan fingerprint density at radius 1 is 0.689 bits per heavy atom. The number of rotatable bonds is 19. The number of unbranched alkanes of at least 4 members (excludes halogenated alkanes) is 3. The topological polar surface area (TPSA) is 97.4 Å². The van der Waals surface area contributed by atoms with E-state index in [0.29, 0.717) is 24.5 Å². The Morgan fingerprint density at radius 3 is 1.80 bits per heavy atom. The predicted octanol–water partition coefficient (Wildman–Crippen LogP) is 7.66. The first-order valence-corrected chi connectivity index (χ1v) is 15.8. The van der Waals surface area contributed by atoms with Crippen molar-refractivity contribution in [1.29, 1.82) is 0 Å². The molecule has 45 heavy (non-hydrogen) atoms. The summed E-state index contributed by atoms with van der Waals surface area (Å²) in [5.74, 6) is 0.171. The highest BCUT2D eigenvalue weighted by Gasteiger charge is 2.20. The van der Waals surface area contributed by atoms with Crippen LogP contribution in [0, 0.1) is 0 Å². The van der Waals surface area contributed by atoms with Crippen molar-refractivity contribution in [2.75, 3.05) is 26.4 Å². The molecule has 1 saturated carbocycles. The van der Waals surface area contributed by atoms with E-state index in [1.54, 1.807) is 6.92 Å². The van der Waals surface area contributed by atoms with E-state index in [1.807, 2.05) is 60.7 Å². The Hall–Kier alpha value is -4.33. The fourth-order valence-electron chi connectivity index (χ4n) is 4.63. The summed E-state index contributed by atoms with van der Waals surface area (Å²) < 4.78 is 27.2. The lowest BCUT2D eigenvalue weighted by molar-refractivity contribution is -0.151. The van der Waals surface area contributed by atoms with E-state index in [0.717, 1.165) is 68.2 Å². The number of hydrogen-bond donors (Lipinski definition) is 0. The highest BCUT2D eigenvalue weighted by Crippen LogP contribution is 2.21. The smallest absolute Gasteiger partial charge is 0.333 e. The molecule has 0 aromatic heterocycles. The van der Waals surface area contributed by atoms with Gasteiger partial charge in [-0.25, -0.2) is 9.59 Å². The molecule has 1 fully saturated rings. The van der Waals surface area contributed by atoms with Crippen LogP contribution in [-0.2, 0) is 28.6 Å². The van der Waals surface area contributed by atoms with E-state index in [4.69, 9.17) is 23.7 Å². The molecule has 1 aliphatic rings. The van der Waals surface area contributed by atoms with Gasteiger partial charge in [0.2, 0.25) is 0 Å². The van der Waals surface area contributed by atoms with Crippen LogP contribution in [0.3, 0.4) is 0 Å². The summed E-state index contributed by atoms with van der Waals surface area (Å²) in [5.41, 5.74) is 2.60. The molecular weight excluding hydrogens is 572 g/mol. The van der Waals surface area contributed by atoms with Crippen LogP contribution >= 0.6 is 0 Å². The van der Waals surface area contributed by atoms with Crippen LogP contribution in [0.25, 0.3) is 12.2 Å². The normalized spacial score (nSPS) is 13.2. The fourth-order valence-corrected chi connectivity index (χ4v) is 4.63. The van der Waals surface area contributed by atoms with Crippen LogP contribution in [-0.4, -0.2) is 50.4 Å². The molecule has 1 aliphatic carbocycles. The molecule has 0 unspecified atom stereocenters. The van der Waals surface area contributed by atoms with Crippen molar-refractivity contribution >= 4 is 30.1 Å². The highest BCUT2D eigenvalue weighted by molar-refractivity contribution is 5.93. The van der Waals surface area contributed by atoms with Crippen molar-refractivity contribution in [2.45, 2.75) is 77.2 Å². The molecule has 2 aromatic carbocycles. The summed E-state index contributed by atoms with van der Waals surface area (Å²) in [7, 11) is 0. The minimum Gasteiger partial charge on any atom is -0.494 e. The molecule has 0 atom stereocenters. The monoisotopic (exact) mass is 618 g/mol. The number of carbonyl (C=O) groups is 3. The van der Waals surface area contributed by atoms with Gasteiger partial charge in [0.05, 0.1) is 19.6 Å². The second-order valence-electron chi connectivity index (χ2n) is 11.2. The first-order chi connectivity index (χ1) is 21.8. The highest BCUT2D eigenvalue weighted by atomic mass is 16.6. The zero-order chi connectivity index (χ0) is 32.3. The molecule has 0 spiro atoms. The van der Waals surface area contributed by atoms with E-state index in [9.17, 15) is 14.4 Å². The minimum absolute atomic E-state index is 0.0290. The molecule has 8 nitrogen and oxygen atoms in total. The molecule has 0 radical (unpaired) electrons. The summed E-state index contributed by atoms with van der Waals surface area (Å²) in [4.78, 5) is 35.5. The Morgan fingerprint density at radius 2 is 1.22 bits per heavy atom. The number of hydrogen-bond acceptors (Lipinski definition) is 8. The Bertz CT molecular complexity index is 1270. The average molecular weight is 619 g/mol. The minimum atomic E-state index is -0.530. The van der Waals surface area contributed by atoms with Crippen LogP contribution in [0.15, 0.2) is 72.8 Å². The molecule has 0 N–H and O–H groups in total. The molecule has 0 heterocycles. The van der Waals surface area contributed by atoms with Gasteiger partial charge in [-0.2, -0.15) is 0 Å². The maximum absolute atomic E-state index is 12.1. The third-order valence-corrected chi connectivity index (χ3v) is 7.20. The first-order valence-electron chi connectivity index (χ1n) is 15.8. The molecule has 0 aliphatic heterocycles. The summed E-state index contributed by atoms with van der Waals surface area (Å²) in [6.45, 7) is 10.2. The zero-order valence-electron chi connectivity index (χ0n) is 26.4. The molecular formula is C37H46O8. The van der Waals surface area contributed by atoms with Crippen LogP contribution in [0.2, 0.25) is 0 Å². The molecule has 0 amide bonds. The van der Waals surface area contributed by atoms with E-state index in [1.165, 1.54) is 6.42 Å². The van der Waals surface area contributed by atoms with Crippen molar-refractivity contribution in [3.63, 3.8) is 0 Å². The van der Waals surface area contributed by atoms with Crippen molar-refractivity contribution in [1.82, 2.24) is 0 Å². The summed E-state index contributed by atoms with van der Waals surface area (Å²) in [6, 6.07) is 15.6. The number of benzene rings is 2. The van der Waals surface area contributed by atoms with Gasteiger partial charge in [-0.15, -0.1) is 0 Å². The lowest BCUT2D eigenvalue weighted by Crippen LogP contribution is -2.22. The van der Waals surface area contributed by atoms with Crippen molar-refractivity contribution in [3.8, 4) is 11.5 Å². The van der Waals surface area contributed by atoms with E-state index >= 15 is 0 Å². The van der Waals surface area contributed by atoms with Crippen molar-refractivity contribution < 1.29 is 38.1 Å². The van der Waals surface area contributed by atoms with Crippen LogP contribution < -0.4 is 9.47 Å². The molecule has 2 aromatic rings. The second-order valence-corrected chi connectivity index (χ2v) is 11.2. The summed E-state index contributed by atoms with van der Waals surface area (Å²) >= 11 is 0. The third-order valence-electron chi connectivity index (χ3n) is 7.20. The Labute approximate surface area is 267 Å². The number of ether oxygens (including phenoxy) is 5. The maximum Gasteiger partial charge on any atom is 0.333 e. The molecule has 242 valence electrons. The van der Waals surface area contributed by atoms with Gasteiger partial charge >= 0.3 is 17.9 Å². The predicted molar refractivity (Wildman–Crippen MR) is 175 cm³/mol. The first kappa shape index (κ1) is 35.2. The standard InChI is InChI=1S/C37H46O8/c1-28(2)36(39)44-26-25-42-33-21-17-31(18-22-33)14-13-30-15-19-32(20-16-30)41-23-9-4-5-10-24-43-37(40)29(3)27-35(38)45-34-11-7-6-8-12-34/h13-22,34H,1,3-12,23-27H2,2H3/b14-13+. The zero-order valence-corrected chi connectivity index (χ0v) is 26.4. The Kier molecular flexibility index (Phi) is 15.5. The van der Waals surface area contributed by atoms with Crippen LogP contribution in [0.5, 0.6) is 11.5 Å². The van der Waals surface area contributed by atoms with Gasteiger partial charge < -0.3 is 23.7 Å². The fraction of sp³-hybridized carbons (Fsp3) is 0.432. The quantitative estimate of drug-likeness (QED) is 0.0521. The third kappa shape index (κ3) is 14.3. The molecule has 3 rings (SSSR count). The van der Waals surface area contributed by atoms with Crippen LogP contribution in [0.4, 0.5) is 0 Å². The van der Waals surface area contributed by atoms with E-state index in [-0.39, 0.29) is 31.3 Å². The van der Waals surface area contributed by atoms with Gasteiger partial charge in [0.1, 0.15) is 30.8 Å². The van der Waals surface area contributed by atoms with Gasteiger partial charge in [0.15, 0.2) is 0 Å². The molecule has 0 saturated heterocycles. The largest absolute Gasteiger partial charge is 0.494 e. The van der Waals surface area contributed by atoms with E-state index < -0.39 is 17.9 Å². The van der Waals surface area contributed by atoms with Crippen LogP contribution in [0.1, 0.15) is 82.3 Å². The Balaban J connectivity index is 1.21. The summed E-state index contributed by atoms with van der Waals surface area (Å²) in [5, 5.41) is 0. The lowest BCUT2D eigenvalue weighted by atomic mass is 9.98. The van der Waals surface area contributed by atoms with Gasteiger partial charge in [-0.1, -0.05) is 56.0 Å². The van der Waals surface area contributed by atoms with Gasteiger partial charge in [0.25, 0.3) is 0 Å². The number of carbonyl (C=O) groups excluding carboxylic acids is 3. The average Bonchev–Trinajstić information content (AvgIpc) is 3.04. The molecule has 8 heteroatoms.